The van der Waals surface area contributed by atoms with Gasteiger partial charge in [0.05, 0.1) is 25.2 Å². The highest BCUT2D eigenvalue weighted by molar-refractivity contribution is 7.85. The van der Waals surface area contributed by atoms with Gasteiger partial charge in [0.25, 0.3) is 16.0 Å². The number of hydrogen-bond acceptors (Lipinski definition) is 8. The molecule has 14 heteroatoms. The first-order valence-corrected chi connectivity index (χ1v) is 12.4. The Morgan fingerprint density at radius 1 is 1.29 bits per heavy atom. The minimum Gasteiger partial charge on any atom is -0.445 e. The molecular formula is C21H26F2N6O5S. The number of alkyl halides is 2. The number of aryl methyl sites for hydroxylation is 1. The number of fused-ring (bicyclic) bond motifs is 1. The number of carbonyl (C=O) groups is 1. The van der Waals surface area contributed by atoms with Crippen LogP contribution in [0.1, 0.15) is 17.5 Å². The molecule has 1 fully saturated rings. The summed E-state index contributed by atoms with van der Waals surface area (Å²) < 4.78 is 62.1. The lowest BCUT2D eigenvalue weighted by molar-refractivity contribution is -0.101. The van der Waals surface area contributed by atoms with Crippen LogP contribution in [0.4, 0.5) is 19.4 Å². The highest BCUT2D eigenvalue weighted by Gasteiger charge is 2.46. The number of nitrogens with one attached hydrogen (secondary N) is 1. The summed E-state index contributed by atoms with van der Waals surface area (Å²) >= 11 is 0. The average Bonchev–Trinajstić information content (AvgIpc) is 3.25. The van der Waals surface area contributed by atoms with E-state index in [0.717, 1.165) is 16.0 Å². The maximum atomic E-state index is 14.7. The van der Waals surface area contributed by atoms with Crippen molar-refractivity contribution in [1.29, 1.82) is 0 Å². The van der Waals surface area contributed by atoms with Crippen LogP contribution in [0.25, 0.3) is 5.65 Å². The van der Waals surface area contributed by atoms with Crippen molar-refractivity contribution in [3.63, 3.8) is 0 Å². The highest BCUT2D eigenvalue weighted by atomic mass is 32.2. The van der Waals surface area contributed by atoms with Crippen LogP contribution in [0.15, 0.2) is 43.0 Å². The Hall–Kier alpha value is -3.39. The third-order valence-corrected chi connectivity index (χ3v) is 5.24. The fourth-order valence-electron chi connectivity index (χ4n) is 3.43. The van der Waals surface area contributed by atoms with Crippen LogP contribution < -0.4 is 5.32 Å². The monoisotopic (exact) mass is 512 g/mol. The van der Waals surface area contributed by atoms with E-state index in [-0.39, 0.29) is 26.1 Å². The van der Waals surface area contributed by atoms with Crippen molar-refractivity contribution in [3.8, 4) is 0 Å². The van der Waals surface area contributed by atoms with Crippen LogP contribution in [-0.2, 0) is 21.5 Å². The molecule has 1 saturated heterocycles. The lowest BCUT2D eigenvalue weighted by Crippen LogP contribution is -2.52. The van der Waals surface area contributed by atoms with Gasteiger partial charge < -0.3 is 15.0 Å². The molecule has 0 spiro atoms. The third-order valence-electron chi connectivity index (χ3n) is 5.24. The fraction of sp³-hybridized carbons (Fsp3) is 0.429. The second-order valence-electron chi connectivity index (χ2n) is 8.17. The summed E-state index contributed by atoms with van der Waals surface area (Å²) in [5.41, 5.74) is 2.44. The number of benzene rings is 1. The number of amides is 1. The normalized spacial score (nSPS) is 17.4. The molecule has 1 amide bonds. The number of aromatic nitrogens is 4. The first-order valence-electron chi connectivity index (χ1n) is 10.6. The Kier molecular flexibility index (Phi) is 8.17. The predicted molar refractivity (Wildman–Crippen MR) is 123 cm³/mol. The summed E-state index contributed by atoms with van der Waals surface area (Å²) in [7, 11) is -3.67. The first kappa shape index (κ1) is 26.2. The van der Waals surface area contributed by atoms with E-state index in [1.54, 1.807) is 4.40 Å². The van der Waals surface area contributed by atoms with Crippen LogP contribution in [0.2, 0.25) is 0 Å². The smallest absolute Gasteiger partial charge is 0.410 e. The second-order valence-corrected chi connectivity index (χ2v) is 9.64. The van der Waals surface area contributed by atoms with Crippen LogP contribution in [0.5, 0.6) is 0 Å². The Balaban J connectivity index is 0.000000623. The largest absolute Gasteiger partial charge is 0.445 e. The zero-order valence-corrected chi connectivity index (χ0v) is 20.0. The van der Waals surface area contributed by atoms with Crippen molar-refractivity contribution in [1.82, 2.24) is 24.5 Å². The number of piperidine rings is 1. The minimum atomic E-state index is -3.67. The van der Waals surface area contributed by atoms with Crippen LogP contribution in [0.3, 0.4) is 0 Å². The highest BCUT2D eigenvalue weighted by Crippen LogP contribution is 2.33. The molecule has 0 unspecified atom stereocenters. The van der Waals surface area contributed by atoms with Gasteiger partial charge in [-0.2, -0.15) is 8.42 Å². The van der Waals surface area contributed by atoms with Gasteiger partial charge in [-0.05, 0) is 18.9 Å². The van der Waals surface area contributed by atoms with E-state index in [1.807, 2.05) is 31.2 Å². The number of ether oxygens (including phenoxy) is 1. The third kappa shape index (κ3) is 7.82. The summed E-state index contributed by atoms with van der Waals surface area (Å²) in [5.74, 6) is -3.43. The molecule has 3 heterocycles. The van der Waals surface area contributed by atoms with Crippen molar-refractivity contribution in [3.05, 3.63) is 54.1 Å². The van der Waals surface area contributed by atoms with E-state index in [9.17, 15) is 22.0 Å². The van der Waals surface area contributed by atoms with Crippen molar-refractivity contribution in [2.75, 3.05) is 31.2 Å². The minimum absolute atomic E-state index is 0.0399. The number of hydrogen-bond donors (Lipinski definition) is 2. The first-order chi connectivity index (χ1) is 16.4. The van der Waals surface area contributed by atoms with Crippen LogP contribution in [-0.4, -0.2) is 75.4 Å². The van der Waals surface area contributed by atoms with E-state index in [4.69, 9.17) is 9.29 Å². The van der Waals surface area contributed by atoms with Gasteiger partial charge in [0.2, 0.25) is 0 Å². The number of anilines is 1. The second kappa shape index (κ2) is 10.9. The Labute approximate surface area is 200 Å². The van der Waals surface area contributed by atoms with Gasteiger partial charge in [-0.25, -0.2) is 13.6 Å². The SMILES string of the molecule is CS(=O)(=O)O.Cc1ccc(COC(=O)N2CC[C@H](CNc3cncc4nncn34)C(F)(F)C2)cc1. The molecule has 1 aromatic carbocycles. The predicted octanol–water partition coefficient (Wildman–Crippen LogP) is 2.64. The van der Waals surface area contributed by atoms with E-state index < -0.39 is 34.6 Å². The van der Waals surface area contributed by atoms with Crippen molar-refractivity contribution < 1.29 is 31.3 Å². The number of carbonyl (C=O) groups excluding carboxylic acids is 1. The molecule has 1 atom stereocenters. The summed E-state index contributed by atoms with van der Waals surface area (Å²) in [4.78, 5) is 17.4. The maximum Gasteiger partial charge on any atom is 0.410 e. The average molecular weight is 513 g/mol. The lowest BCUT2D eigenvalue weighted by atomic mass is 9.93. The summed E-state index contributed by atoms with van der Waals surface area (Å²) in [6, 6.07) is 7.51. The van der Waals surface area contributed by atoms with Gasteiger partial charge in [0, 0.05) is 19.0 Å². The Morgan fingerprint density at radius 3 is 2.63 bits per heavy atom. The van der Waals surface area contributed by atoms with Gasteiger partial charge in [-0.15, -0.1) is 10.2 Å². The quantitative estimate of drug-likeness (QED) is 0.494. The maximum absolute atomic E-state index is 14.7. The fourth-order valence-corrected chi connectivity index (χ4v) is 3.43. The molecule has 0 aliphatic carbocycles. The molecule has 11 nitrogen and oxygen atoms in total. The van der Waals surface area contributed by atoms with E-state index in [1.165, 1.54) is 18.7 Å². The summed E-state index contributed by atoms with van der Waals surface area (Å²) in [5, 5.41) is 10.7. The molecule has 3 aromatic rings. The van der Waals surface area contributed by atoms with E-state index in [0.29, 0.717) is 17.7 Å². The zero-order chi connectivity index (χ0) is 25.6. The zero-order valence-electron chi connectivity index (χ0n) is 19.1. The molecule has 0 bridgehead atoms. The molecule has 4 rings (SSSR count). The summed E-state index contributed by atoms with van der Waals surface area (Å²) in [6.07, 6.45) is 4.71. The molecule has 2 aromatic heterocycles. The molecule has 0 saturated carbocycles. The molecular weight excluding hydrogens is 486 g/mol. The van der Waals surface area contributed by atoms with E-state index >= 15 is 0 Å². The molecule has 2 N–H and O–H groups in total. The topological polar surface area (TPSA) is 139 Å². The number of nitrogens with zero attached hydrogens (tertiary/aromatic N) is 5. The van der Waals surface area contributed by atoms with Crippen LogP contribution in [0, 0.1) is 12.8 Å². The van der Waals surface area contributed by atoms with Crippen molar-refractivity contribution in [2.45, 2.75) is 25.9 Å². The van der Waals surface area contributed by atoms with Crippen LogP contribution >= 0.6 is 0 Å². The van der Waals surface area contributed by atoms with Gasteiger partial charge >= 0.3 is 6.09 Å². The Bertz CT molecular complexity index is 1240. The van der Waals surface area contributed by atoms with Gasteiger partial charge in [-0.1, -0.05) is 29.8 Å². The molecule has 1 aliphatic rings. The van der Waals surface area contributed by atoms with Gasteiger partial charge in [-0.3, -0.25) is 13.9 Å². The van der Waals surface area contributed by atoms with Crippen molar-refractivity contribution >= 4 is 27.7 Å². The van der Waals surface area contributed by atoms with E-state index in [2.05, 4.69) is 20.5 Å². The van der Waals surface area contributed by atoms with Gasteiger partial charge in [0.15, 0.2) is 5.65 Å². The number of likely N-dealkylation sites (tertiary alicyclic amines) is 1. The van der Waals surface area contributed by atoms with Gasteiger partial charge in [0.1, 0.15) is 18.8 Å². The molecule has 1 aliphatic heterocycles. The Morgan fingerprint density at radius 2 is 1.97 bits per heavy atom. The number of rotatable bonds is 5. The molecule has 0 radical (unpaired) electrons. The van der Waals surface area contributed by atoms with Crippen molar-refractivity contribution in [2.24, 2.45) is 5.92 Å². The lowest BCUT2D eigenvalue weighted by Gasteiger charge is -2.37. The molecule has 190 valence electrons. The molecule has 35 heavy (non-hydrogen) atoms. The standard InChI is InChI=1S/C20H22F2N6O2.CH4O3S/c1-14-2-4-15(5-3-14)11-30-19(29)27-7-6-16(20(21,22)12-27)8-24-17-9-23-10-18-26-25-13-28(17)18;1-5(2,3)4/h2-5,9-10,13,16,24H,6-8,11-12H2,1H3;1H3,(H,2,3,4)/t16-;/m1./s1. The number of halogens is 2. The summed E-state index contributed by atoms with van der Waals surface area (Å²) in [6.45, 7) is 1.60.